The lowest BCUT2D eigenvalue weighted by Crippen LogP contribution is -2.45. The first kappa shape index (κ1) is 28.3. The first-order valence-electron chi connectivity index (χ1n) is 12.5. The zero-order chi connectivity index (χ0) is 29.5. The number of anilines is 1. The second-order valence-corrected chi connectivity index (χ2v) is 10.6. The number of hydrogen-bond donors (Lipinski definition) is 1. The number of alkyl halides is 2. The number of likely N-dealkylation sites (tertiary alicyclic amines) is 1. The van der Waals surface area contributed by atoms with Crippen molar-refractivity contribution in [3.8, 4) is 11.3 Å². The van der Waals surface area contributed by atoms with Crippen LogP contribution < -0.4 is 5.32 Å². The fraction of sp³-hybridized carbons (Fsp3) is 0.346. The second kappa shape index (κ2) is 11.0. The minimum absolute atomic E-state index is 0.0778. The third-order valence-corrected chi connectivity index (χ3v) is 7.09. The quantitative estimate of drug-likeness (QED) is 0.305. The van der Waals surface area contributed by atoms with E-state index >= 15 is 4.39 Å². The van der Waals surface area contributed by atoms with Crippen molar-refractivity contribution in [1.82, 2.24) is 39.6 Å². The third-order valence-electron chi connectivity index (χ3n) is 6.70. The fourth-order valence-corrected chi connectivity index (χ4v) is 5.11. The van der Waals surface area contributed by atoms with Crippen molar-refractivity contribution >= 4 is 50.2 Å². The van der Waals surface area contributed by atoms with Gasteiger partial charge in [0, 0.05) is 36.7 Å². The van der Waals surface area contributed by atoms with Crippen LogP contribution in [0.1, 0.15) is 35.4 Å². The maximum absolute atomic E-state index is 15.2. The van der Waals surface area contributed by atoms with Gasteiger partial charge in [0.15, 0.2) is 17.3 Å². The molecule has 12 nitrogen and oxygen atoms in total. The number of Topliss-reactive ketones (excluding diaryl/α,β-unsaturated/α-hetero) is 1. The molecule has 0 aromatic carbocycles. The van der Waals surface area contributed by atoms with Gasteiger partial charge < -0.3 is 10.2 Å². The lowest BCUT2D eigenvalue weighted by Gasteiger charge is -2.23. The van der Waals surface area contributed by atoms with Crippen molar-refractivity contribution < 1.29 is 23.2 Å². The summed E-state index contributed by atoms with van der Waals surface area (Å²) < 4.78 is 30.5. The predicted molar refractivity (Wildman–Crippen MR) is 146 cm³/mol. The molecule has 212 valence electrons. The number of carbonyl (C=O) groups excluding carboxylic acids is 3. The molecule has 0 aliphatic carbocycles. The molecule has 2 atom stereocenters. The molecule has 0 bridgehead atoms. The Morgan fingerprint density at radius 3 is 2.54 bits per heavy atom. The molecule has 5 rings (SSSR count). The van der Waals surface area contributed by atoms with E-state index in [0.29, 0.717) is 38.3 Å². The number of aryl methyl sites for hydroxylation is 2. The Labute approximate surface area is 240 Å². The van der Waals surface area contributed by atoms with Gasteiger partial charge in [-0.3, -0.25) is 29.0 Å². The fourth-order valence-electron chi connectivity index (χ4n) is 4.80. The summed E-state index contributed by atoms with van der Waals surface area (Å²) in [5.41, 5.74) is -0.258. The summed E-state index contributed by atoms with van der Waals surface area (Å²) in [7, 11) is 0. The monoisotopic (exact) mass is 627 g/mol. The van der Waals surface area contributed by atoms with Gasteiger partial charge in [-0.25, -0.2) is 23.7 Å². The molecular formula is C26H24BrF2N9O3. The maximum Gasteiger partial charge on any atom is 0.248 e. The molecule has 1 aliphatic heterocycles. The lowest BCUT2D eigenvalue weighted by atomic mass is 10.0. The number of halogens is 3. The van der Waals surface area contributed by atoms with E-state index in [1.165, 1.54) is 24.0 Å². The van der Waals surface area contributed by atoms with Crippen LogP contribution in [0.3, 0.4) is 0 Å². The molecular weight excluding hydrogens is 604 g/mol. The van der Waals surface area contributed by atoms with Crippen LogP contribution in [0.25, 0.3) is 22.2 Å². The van der Waals surface area contributed by atoms with Gasteiger partial charge in [0.2, 0.25) is 11.8 Å². The summed E-state index contributed by atoms with van der Waals surface area (Å²) in [5.74, 6) is -1.10. The average Bonchev–Trinajstić information content (AvgIpc) is 3.48. The smallest absolute Gasteiger partial charge is 0.248 e. The normalized spacial score (nSPS) is 18.6. The van der Waals surface area contributed by atoms with E-state index in [-0.39, 0.29) is 17.3 Å². The Balaban J connectivity index is 1.47. The summed E-state index contributed by atoms with van der Waals surface area (Å²) in [5, 5.41) is 7.33. The van der Waals surface area contributed by atoms with E-state index < -0.39 is 49.7 Å². The summed E-state index contributed by atoms with van der Waals surface area (Å²) in [6.07, 6.45) is 5.39. The number of nitrogens with one attached hydrogen (secondary N) is 1. The number of pyridine rings is 1. The Morgan fingerprint density at radius 1 is 1.15 bits per heavy atom. The van der Waals surface area contributed by atoms with Gasteiger partial charge in [-0.15, -0.1) is 0 Å². The molecule has 0 unspecified atom stereocenters. The van der Waals surface area contributed by atoms with Gasteiger partial charge in [0.25, 0.3) is 0 Å². The van der Waals surface area contributed by atoms with Gasteiger partial charge >= 0.3 is 0 Å². The highest BCUT2D eigenvalue weighted by atomic mass is 79.9. The van der Waals surface area contributed by atoms with Gasteiger partial charge in [0.05, 0.1) is 35.8 Å². The van der Waals surface area contributed by atoms with Crippen molar-refractivity contribution in [1.29, 1.82) is 0 Å². The summed E-state index contributed by atoms with van der Waals surface area (Å²) >= 11 is 3.15. The van der Waals surface area contributed by atoms with Crippen LogP contribution in [0.15, 0.2) is 35.5 Å². The molecule has 41 heavy (non-hydrogen) atoms. The van der Waals surface area contributed by atoms with Crippen LogP contribution in [0.4, 0.5) is 14.6 Å². The molecule has 5 heterocycles. The number of amides is 2. The van der Waals surface area contributed by atoms with E-state index in [1.54, 1.807) is 32.3 Å². The number of nitrogens with zero attached hydrogens (tertiary/aromatic N) is 8. The summed E-state index contributed by atoms with van der Waals surface area (Å²) in [6, 6.07) is 0.354. The Morgan fingerprint density at radius 2 is 1.88 bits per heavy atom. The summed E-state index contributed by atoms with van der Waals surface area (Å²) in [4.78, 5) is 61.1. The molecule has 4 aromatic rings. The van der Waals surface area contributed by atoms with Gasteiger partial charge in [0.1, 0.15) is 35.4 Å². The number of rotatable bonds is 7. The third kappa shape index (κ3) is 5.66. The van der Waals surface area contributed by atoms with Gasteiger partial charge in [-0.1, -0.05) is 0 Å². The highest BCUT2D eigenvalue weighted by Gasteiger charge is 2.49. The number of fused-ring (bicyclic) bond motifs is 1. The zero-order valence-electron chi connectivity index (χ0n) is 22.2. The van der Waals surface area contributed by atoms with Crippen molar-refractivity contribution in [3.63, 3.8) is 0 Å². The largest absolute Gasteiger partial charge is 0.326 e. The van der Waals surface area contributed by atoms with E-state index in [2.05, 4.69) is 51.3 Å². The van der Waals surface area contributed by atoms with Crippen LogP contribution in [0.2, 0.25) is 0 Å². The molecule has 1 saturated heterocycles. The topological polar surface area (TPSA) is 149 Å². The van der Waals surface area contributed by atoms with E-state index in [4.69, 9.17) is 0 Å². The minimum atomic E-state index is -2.40. The molecule has 0 radical (unpaired) electrons. The minimum Gasteiger partial charge on any atom is -0.326 e. The standard InChI is InChI=1S/C26H24BrF2N9O3/c1-13-24-17(4-18(33-13)16-6-31-15(3)32-7-16)23(14(2)39)36-38(24)10-22(40)37-12-26(29,11-28)5-19(37)25(41)35-21-9-30-8-20(27)34-21/h4,6-9,19H,5,10-12H2,1-3H3,(H,34,35,41)/t19-,26-/m0/s1. The van der Waals surface area contributed by atoms with E-state index in [1.807, 2.05) is 0 Å². The number of carbonyl (C=O) groups is 3. The van der Waals surface area contributed by atoms with Crippen LogP contribution in [0.5, 0.6) is 0 Å². The van der Waals surface area contributed by atoms with E-state index in [0.717, 1.165) is 4.90 Å². The molecule has 1 fully saturated rings. The zero-order valence-corrected chi connectivity index (χ0v) is 23.8. The molecule has 1 aliphatic rings. The molecule has 1 N–H and O–H groups in total. The van der Waals surface area contributed by atoms with Crippen molar-refractivity contribution in [2.24, 2.45) is 0 Å². The van der Waals surface area contributed by atoms with Gasteiger partial charge in [-0.2, -0.15) is 5.10 Å². The second-order valence-electron chi connectivity index (χ2n) is 9.81. The molecule has 0 saturated carbocycles. The first-order chi connectivity index (χ1) is 19.5. The maximum atomic E-state index is 15.2. The number of hydrogen-bond acceptors (Lipinski definition) is 9. The lowest BCUT2D eigenvalue weighted by molar-refractivity contribution is -0.137. The van der Waals surface area contributed by atoms with Crippen LogP contribution in [0, 0.1) is 13.8 Å². The average molecular weight is 628 g/mol. The molecule has 15 heteroatoms. The Kier molecular flexibility index (Phi) is 7.55. The molecule has 2 amide bonds. The SMILES string of the molecule is CC(=O)c1nn(CC(=O)N2C[C@@](F)(CF)C[C@H]2C(=O)Nc2cncc(Br)n2)c2c(C)nc(-c3cnc(C)nc3)cc12. The summed E-state index contributed by atoms with van der Waals surface area (Å²) in [6.45, 7) is 2.37. The van der Waals surface area contributed by atoms with Crippen molar-refractivity contribution in [2.45, 2.75) is 45.4 Å². The molecule has 0 spiro atoms. The van der Waals surface area contributed by atoms with Crippen LogP contribution in [-0.4, -0.2) is 82.1 Å². The first-order valence-corrected chi connectivity index (χ1v) is 13.3. The van der Waals surface area contributed by atoms with Crippen molar-refractivity contribution in [2.75, 3.05) is 18.5 Å². The highest BCUT2D eigenvalue weighted by molar-refractivity contribution is 9.10. The van der Waals surface area contributed by atoms with Crippen LogP contribution >= 0.6 is 15.9 Å². The van der Waals surface area contributed by atoms with Crippen molar-refractivity contribution in [3.05, 3.63) is 52.7 Å². The Hall–Kier alpha value is -4.27. The number of ketones is 1. The van der Waals surface area contributed by atoms with Gasteiger partial charge in [-0.05, 0) is 35.8 Å². The molecule has 4 aromatic heterocycles. The van der Waals surface area contributed by atoms with Crippen LogP contribution in [-0.2, 0) is 16.1 Å². The predicted octanol–water partition coefficient (Wildman–Crippen LogP) is 3.18. The Bertz CT molecular complexity index is 1680. The van der Waals surface area contributed by atoms with E-state index in [9.17, 15) is 18.8 Å². The number of aromatic nitrogens is 7. The highest BCUT2D eigenvalue weighted by Crippen LogP contribution is 2.33.